The molecule has 2 heterocycles. The predicted octanol–water partition coefficient (Wildman–Crippen LogP) is 1.86. The molecule has 1 fully saturated rings. The number of halogens is 1. The average molecular weight is 362 g/mol. The van der Waals surface area contributed by atoms with E-state index in [0.29, 0.717) is 17.1 Å². The number of carbonyl (C=O) groups excluding carboxylic acids is 1. The summed E-state index contributed by atoms with van der Waals surface area (Å²) in [5, 5.41) is 11.4. The number of carbonyl (C=O) groups is 1. The second-order valence-corrected chi connectivity index (χ2v) is 6.69. The zero-order valence-electron chi connectivity index (χ0n) is 14.5. The molecule has 1 aromatic heterocycles. The Morgan fingerprint density at radius 1 is 1.28 bits per heavy atom. The molecule has 1 aliphatic rings. The minimum absolute atomic E-state index is 0.0713. The third-order valence-electron chi connectivity index (χ3n) is 4.38. The van der Waals surface area contributed by atoms with Crippen molar-refractivity contribution in [2.45, 2.75) is 13.3 Å². The van der Waals surface area contributed by atoms with Crippen molar-refractivity contribution in [1.29, 1.82) is 0 Å². The molecule has 1 amide bonds. The first-order valence-electron chi connectivity index (χ1n) is 8.67. The van der Waals surface area contributed by atoms with Gasteiger partial charge in [0.15, 0.2) is 0 Å². The maximum absolute atomic E-state index is 12.4. The largest absolute Gasteiger partial charge is 0.352 e. The van der Waals surface area contributed by atoms with Crippen LogP contribution in [0.25, 0.3) is 5.69 Å². The number of piperazine rings is 1. The van der Waals surface area contributed by atoms with Gasteiger partial charge in [0, 0.05) is 43.9 Å². The highest BCUT2D eigenvalue weighted by Crippen LogP contribution is 2.15. The lowest BCUT2D eigenvalue weighted by molar-refractivity contribution is 0.0950. The Kier molecular flexibility index (Phi) is 6.07. The van der Waals surface area contributed by atoms with Gasteiger partial charge in [0.2, 0.25) is 0 Å². The first-order valence-corrected chi connectivity index (χ1v) is 9.05. The number of aromatic nitrogens is 2. The highest BCUT2D eigenvalue weighted by Gasteiger charge is 2.14. The van der Waals surface area contributed by atoms with Crippen molar-refractivity contribution in [1.82, 2.24) is 25.3 Å². The van der Waals surface area contributed by atoms with Crippen LogP contribution in [0.15, 0.2) is 30.5 Å². The van der Waals surface area contributed by atoms with Crippen LogP contribution < -0.4 is 10.6 Å². The predicted molar refractivity (Wildman–Crippen MR) is 99.6 cm³/mol. The molecule has 1 saturated heterocycles. The smallest absolute Gasteiger partial charge is 0.254 e. The number of rotatable bonds is 6. The fourth-order valence-corrected chi connectivity index (χ4v) is 3.07. The molecule has 0 radical (unpaired) electrons. The number of nitrogens with zero attached hydrogens (tertiary/aromatic N) is 3. The number of amides is 1. The van der Waals surface area contributed by atoms with Gasteiger partial charge in [-0.1, -0.05) is 11.6 Å². The molecule has 0 saturated carbocycles. The van der Waals surface area contributed by atoms with Crippen LogP contribution in [0.3, 0.4) is 0 Å². The molecule has 0 aliphatic carbocycles. The highest BCUT2D eigenvalue weighted by molar-refractivity contribution is 6.30. The molecule has 2 aromatic rings. The maximum Gasteiger partial charge on any atom is 0.254 e. The van der Waals surface area contributed by atoms with Crippen molar-refractivity contribution < 1.29 is 4.79 Å². The Labute approximate surface area is 153 Å². The minimum Gasteiger partial charge on any atom is -0.352 e. The van der Waals surface area contributed by atoms with Crippen LogP contribution >= 0.6 is 11.6 Å². The van der Waals surface area contributed by atoms with E-state index in [4.69, 9.17) is 11.6 Å². The Balaban J connectivity index is 1.52. The molecule has 0 atom stereocenters. The summed E-state index contributed by atoms with van der Waals surface area (Å²) in [6.07, 6.45) is 2.72. The van der Waals surface area contributed by atoms with Crippen LogP contribution in [-0.4, -0.2) is 59.9 Å². The molecule has 6 nitrogen and oxygen atoms in total. The number of nitrogens with one attached hydrogen (secondary N) is 2. The van der Waals surface area contributed by atoms with E-state index in [-0.39, 0.29) is 5.91 Å². The third-order valence-corrected chi connectivity index (χ3v) is 4.63. The molecule has 7 heteroatoms. The van der Waals surface area contributed by atoms with Crippen molar-refractivity contribution >= 4 is 17.5 Å². The number of hydrogen-bond acceptors (Lipinski definition) is 4. The fraction of sp³-hybridized carbons (Fsp3) is 0.444. The van der Waals surface area contributed by atoms with Gasteiger partial charge in [0.05, 0.1) is 16.9 Å². The standard InChI is InChI=1S/C18H24ClN5O/c1-14-17(13-24(22-14)16-5-3-15(19)4-6-16)18(25)21-7-2-10-23-11-8-20-9-12-23/h3-6,13,20H,2,7-12H2,1H3,(H,21,25). The molecule has 1 aromatic carbocycles. The van der Waals surface area contributed by atoms with E-state index in [1.165, 1.54) is 0 Å². The maximum atomic E-state index is 12.4. The van der Waals surface area contributed by atoms with E-state index in [2.05, 4.69) is 20.6 Å². The van der Waals surface area contributed by atoms with Gasteiger partial charge in [-0.05, 0) is 44.2 Å². The van der Waals surface area contributed by atoms with E-state index in [0.717, 1.165) is 50.5 Å². The fourth-order valence-electron chi connectivity index (χ4n) is 2.94. The van der Waals surface area contributed by atoms with Crippen LogP contribution in [-0.2, 0) is 0 Å². The summed E-state index contributed by atoms with van der Waals surface area (Å²) in [6, 6.07) is 7.38. The zero-order chi connectivity index (χ0) is 17.6. The monoisotopic (exact) mass is 361 g/mol. The van der Waals surface area contributed by atoms with E-state index in [9.17, 15) is 4.79 Å². The van der Waals surface area contributed by atoms with Crippen molar-refractivity contribution in [2.75, 3.05) is 39.3 Å². The van der Waals surface area contributed by atoms with E-state index >= 15 is 0 Å². The van der Waals surface area contributed by atoms with E-state index in [1.807, 2.05) is 31.2 Å². The van der Waals surface area contributed by atoms with Crippen molar-refractivity contribution in [3.05, 3.63) is 46.7 Å². The van der Waals surface area contributed by atoms with Gasteiger partial charge >= 0.3 is 0 Å². The number of aryl methyl sites for hydroxylation is 1. The molecule has 0 bridgehead atoms. The van der Waals surface area contributed by atoms with Gasteiger partial charge in [-0.3, -0.25) is 4.79 Å². The van der Waals surface area contributed by atoms with Gasteiger partial charge in [0.1, 0.15) is 0 Å². The molecule has 2 N–H and O–H groups in total. The lowest BCUT2D eigenvalue weighted by Gasteiger charge is -2.27. The van der Waals surface area contributed by atoms with Crippen molar-refractivity contribution in [3.8, 4) is 5.69 Å². The second kappa shape index (κ2) is 8.47. The van der Waals surface area contributed by atoms with Gasteiger partial charge < -0.3 is 15.5 Å². The first kappa shape index (κ1) is 17.9. The van der Waals surface area contributed by atoms with Gasteiger partial charge in [-0.15, -0.1) is 0 Å². The van der Waals surface area contributed by atoms with Crippen molar-refractivity contribution in [3.63, 3.8) is 0 Å². The van der Waals surface area contributed by atoms with Crippen LogP contribution in [0.2, 0.25) is 5.02 Å². The lowest BCUT2D eigenvalue weighted by atomic mass is 10.2. The lowest BCUT2D eigenvalue weighted by Crippen LogP contribution is -2.44. The minimum atomic E-state index is -0.0713. The van der Waals surface area contributed by atoms with Crippen LogP contribution in [0.4, 0.5) is 0 Å². The van der Waals surface area contributed by atoms with E-state index in [1.54, 1.807) is 10.9 Å². The molecular formula is C18H24ClN5O. The Bertz CT molecular complexity index is 707. The zero-order valence-corrected chi connectivity index (χ0v) is 15.2. The first-order chi connectivity index (χ1) is 12.1. The summed E-state index contributed by atoms with van der Waals surface area (Å²) >= 11 is 5.91. The molecule has 3 rings (SSSR count). The SMILES string of the molecule is Cc1nn(-c2ccc(Cl)cc2)cc1C(=O)NCCCN1CCNCC1. The summed E-state index contributed by atoms with van der Waals surface area (Å²) in [4.78, 5) is 14.8. The summed E-state index contributed by atoms with van der Waals surface area (Å²) in [5.74, 6) is -0.0713. The molecule has 1 aliphatic heterocycles. The Morgan fingerprint density at radius 3 is 2.72 bits per heavy atom. The van der Waals surface area contributed by atoms with Crippen LogP contribution in [0, 0.1) is 6.92 Å². The summed E-state index contributed by atoms with van der Waals surface area (Å²) in [6.45, 7) is 7.81. The van der Waals surface area contributed by atoms with E-state index < -0.39 is 0 Å². The Morgan fingerprint density at radius 2 is 2.00 bits per heavy atom. The highest BCUT2D eigenvalue weighted by atomic mass is 35.5. The van der Waals surface area contributed by atoms with Crippen molar-refractivity contribution in [2.24, 2.45) is 0 Å². The summed E-state index contributed by atoms with van der Waals surface area (Å²) in [5.41, 5.74) is 2.21. The van der Waals surface area contributed by atoms with Gasteiger partial charge in [-0.2, -0.15) is 5.10 Å². The summed E-state index contributed by atoms with van der Waals surface area (Å²) in [7, 11) is 0. The summed E-state index contributed by atoms with van der Waals surface area (Å²) < 4.78 is 1.71. The second-order valence-electron chi connectivity index (χ2n) is 6.25. The number of hydrogen-bond donors (Lipinski definition) is 2. The Hall–Kier alpha value is -1.89. The quantitative estimate of drug-likeness (QED) is 0.771. The van der Waals surface area contributed by atoms with Crippen LogP contribution in [0.5, 0.6) is 0 Å². The topological polar surface area (TPSA) is 62.2 Å². The third kappa shape index (κ3) is 4.81. The molecule has 25 heavy (non-hydrogen) atoms. The van der Waals surface area contributed by atoms with Crippen LogP contribution in [0.1, 0.15) is 22.5 Å². The molecule has 0 unspecified atom stereocenters. The average Bonchev–Trinajstić information content (AvgIpc) is 3.02. The normalized spacial score (nSPS) is 15.3. The van der Waals surface area contributed by atoms with Gasteiger partial charge in [0.25, 0.3) is 5.91 Å². The molecule has 0 spiro atoms. The van der Waals surface area contributed by atoms with Gasteiger partial charge in [-0.25, -0.2) is 4.68 Å². The molecular weight excluding hydrogens is 338 g/mol. The number of benzene rings is 1. The molecule has 134 valence electrons.